The monoisotopic (exact) mass is 299 g/mol. The van der Waals surface area contributed by atoms with Gasteiger partial charge in [0.25, 0.3) is 0 Å². The third-order valence-electron chi connectivity index (χ3n) is 3.51. The van der Waals surface area contributed by atoms with E-state index in [1.807, 2.05) is 41.4 Å². The van der Waals surface area contributed by atoms with Crippen LogP contribution >= 0.6 is 11.6 Å². The molecule has 0 saturated heterocycles. The molecular formula is C15H14ClN5. The summed E-state index contributed by atoms with van der Waals surface area (Å²) in [5, 5.41) is 8.98. The average molecular weight is 300 g/mol. The van der Waals surface area contributed by atoms with Crippen LogP contribution in [0.2, 0.25) is 0 Å². The highest BCUT2D eigenvalue weighted by Gasteiger charge is 2.18. The molecule has 0 aliphatic carbocycles. The molecule has 0 bridgehead atoms. The third kappa shape index (κ3) is 2.28. The van der Waals surface area contributed by atoms with Crippen molar-refractivity contribution < 1.29 is 0 Å². The lowest BCUT2D eigenvalue weighted by atomic mass is 10.2. The zero-order valence-electron chi connectivity index (χ0n) is 11.8. The molecule has 0 aliphatic heterocycles. The van der Waals surface area contributed by atoms with Gasteiger partial charge in [-0.2, -0.15) is 5.26 Å². The van der Waals surface area contributed by atoms with E-state index >= 15 is 0 Å². The van der Waals surface area contributed by atoms with Gasteiger partial charge in [0.1, 0.15) is 23.2 Å². The van der Waals surface area contributed by atoms with Crippen LogP contribution in [-0.2, 0) is 13.6 Å². The van der Waals surface area contributed by atoms with Gasteiger partial charge in [-0.1, -0.05) is 6.07 Å². The molecule has 0 spiro atoms. The molecule has 3 rings (SSSR count). The molecule has 0 radical (unpaired) electrons. The molecular weight excluding hydrogens is 286 g/mol. The first kappa shape index (κ1) is 13.7. The number of para-hydroxylation sites is 1. The van der Waals surface area contributed by atoms with Gasteiger partial charge in [0.2, 0.25) is 0 Å². The van der Waals surface area contributed by atoms with Crippen LogP contribution < -0.4 is 0 Å². The van der Waals surface area contributed by atoms with Crippen molar-refractivity contribution in [2.24, 2.45) is 7.05 Å². The van der Waals surface area contributed by atoms with Crippen LogP contribution in [-0.4, -0.2) is 19.1 Å². The molecule has 0 amide bonds. The first-order valence-electron chi connectivity index (χ1n) is 6.61. The van der Waals surface area contributed by atoms with Crippen LogP contribution in [0.1, 0.15) is 29.5 Å². The SMILES string of the molecule is CC(Cl)c1nc2c(C#N)cccc2n1Cc1nccn1C. The number of nitriles is 1. The highest BCUT2D eigenvalue weighted by Crippen LogP contribution is 2.27. The van der Waals surface area contributed by atoms with Crippen molar-refractivity contribution in [3.05, 3.63) is 47.8 Å². The van der Waals surface area contributed by atoms with Gasteiger partial charge in [-0.25, -0.2) is 9.97 Å². The van der Waals surface area contributed by atoms with E-state index in [-0.39, 0.29) is 5.38 Å². The standard InChI is InChI=1S/C15H14ClN5/c1-10(16)15-19-14-11(8-17)4-3-5-12(14)21(15)9-13-18-6-7-20(13)2/h3-7,10H,9H2,1-2H3. The Morgan fingerprint density at radius 1 is 1.43 bits per heavy atom. The summed E-state index contributed by atoms with van der Waals surface area (Å²) in [6.45, 7) is 2.45. The zero-order valence-corrected chi connectivity index (χ0v) is 12.5. The van der Waals surface area contributed by atoms with E-state index in [0.29, 0.717) is 17.6 Å². The van der Waals surface area contributed by atoms with Gasteiger partial charge in [0, 0.05) is 19.4 Å². The van der Waals surface area contributed by atoms with Crippen LogP contribution in [0.5, 0.6) is 0 Å². The van der Waals surface area contributed by atoms with Crippen LogP contribution in [0.4, 0.5) is 0 Å². The second kappa shape index (κ2) is 5.23. The Hall–Kier alpha value is -2.32. The largest absolute Gasteiger partial charge is 0.337 e. The number of aromatic nitrogens is 4. The van der Waals surface area contributed by atoms with Crippen LogP contribution in [0.25, 0.3) is 11.0 Å². The number of imidazole rings is 2. The molecule has 1 unspecified atom stereocenters. The van der Waals surface area contributed by atoms with Gasteiger partial charge in [0.15, 0.2) is 0 Å². The van der Waals surface area contributed by atoms with Crippen LogP contribution in [0.15, 0.2) is 30.6 Å². The minimum Gasteiger partial charge on any atom is -0.337 e. The molecule has 6 heteroatoms. The minimum absolute atomic E-state index is 0.246. The van der Waals surface area contributed by atoms with E-state index in [4.69, 9.17) is 11.6 Å². The van der Waals surface area contributed by atoms with Gasteiger partial charge in [-0.3, -0.25) is 0 Å². The van der Waals surface area contributed by atoms with Crippen molar-refractivity contribution in [1.29, 1.82) is 5.26 Å². The number of rotatable bonds is 3. The Labute approximate surface area is 127 Å². The fraction of sp³-hybridized carbons (Fsp3) is 0.267. The fourth-order valence-corrected chi connectivity index (χ4v) is 2.58. The maximum absolute atomic E-state index is 9.23. The molecule has 106 valence electrons. The molecule has 3 aromatic rings. The number of nitrogens with zero attached hydrogens (tertiary/aromatic N) is 5. The topological polar surface area (TPSA) is 59.4 Å². The Morgan fingerprint density at radius 2 is 2.24 bits per heavy atom. The zero-order chi connectivity index (χ0) is 15.0. The molecule has 1 atom stereocenters. The van der Waals surface area contributed by atoms with Gasteiger partial charge < -0.3 is 9.13 Å². The van der Waals surface area contributed by atoms with Crippen molar-refractivity contribution in [2.45, 2.75) is 18.8 Å². The van der Waals surface area contributed by atoms with Crippen molar-refractivity contribution in [3.63, 3.8) is 0 Å². The van der Waals surface area contributed by atoms with Gasteiger partial charge >= 0.3 is 0 Å². The highest BCUT2D eigenvalue weighted by molar-refractivity contribution is 6.20. The fourth-order valence-electron chi connectivity index (χ4n) is 2.42. The van der Waals surface area contributed by atoms with Crippen LogP contribution in [0, 0.1) is 11.3 Å². The average Bonchev–Trinajstić information content (AvgIpc) is 3.04. The predicted molar refractivity (Wildman–Crippen MR) is 81.0 cm³/mol. The molecule has 0 N–H and O–H groups in total. The number of halogens is 1. The first-order chi connectivity index (χ1) is 10.1. The lowest BCUT2D eigenvalue weighted by Gasteiger charge is -2.10. The summed E-state index contributed by atoms with van der Waals surface area (Å²) in [6, 6.07) is 7.76. The van der Waals surface area contributed by atoms with E-state index < -0.39 is 0 Å². The summed E-state index contributed by atoms with van der Waals surface area (Å²) in [6.07, 6.45) is 3.66. The van der Waals surface area contributed by atoms with Gasteiger partial charge in [-0.15, -0.1) is 11.6 Å². The summed E-state index contributed by atoms with van der Waals surface area (Å²) in [5.41, 5.74) is 2.15. The maximum Gasteiger partial charge on any atom is 0.128 e. The third-order valence-corrected chi connectivity index (χ3v) is 3.70. The molecule has 0 saturated carbocycles. The Kier molecular flexibility index (Phi) is 3.40. The van der Waals surface area contributed by atoms with E-state index in [0.717, 1.165) is 17.2 Å². The number of hydrogen-bond donors (Lipinski definition) is 0. The number of aryl methyl sites for hydroxylation is 1. The van der Waals surface area contributed by atoms with E-state index in [9.17, 15) is 5.26 Å². The Balaban J connectivity index is 2.22. The van der Waals surface area contributed by atoms with Crippen LogP contribution in [0.3, 0.4) is 0 Å². The van der Waals surface area contributed by atoms with E-state index in [1.165, 1.54) is 0 Å². The Bertz CT molecular complexity index is 837. The summed E-state index contributed by atoms with van der Waals surface area (Å²) < 4.78 is 3.98. The van der Waals surface area contributed by atoms with Crippen molar-refractivity contribution >= 4 is 22.6 Å². The molecule has 0 aliphatic rings. The first-order valence-corrected chi connectivity index (χ1v) is 7.05. The molecule has 21 heavy (non-hydrogen) atoms. The van der Waals surface area contributed by atoms with Crippen molar-refractivity contribution in [2.75, 3.05) is 0 Å². The summed E-state index contributed by atoms with van der Waals surface area (Å²) in [7, 11) is 1.95. The maximum atomic E-state index is 9.23. The van der Waals surface area contributed by atoms with Crippen molar-refractivity contribution in [3.8, 4) is 6.07 Å². The molecule has 2 heterocycles. The minimum atomic E-state index is -0.246. The highest BCUT2D eigenvalue weighted by atomic mass is 35.5. The molecule has 5 nitrogen and oxygen atoms in total. The smallest absolute Gasteiger partial charge is 0.128 e. The number of fused-ring (bicyclic) bond motifs is 1. The Morgan fingerprint density at radius 3 is 2.86 bits per heavy atom. The molecule has 2 aromatic heterocycles. The second-order valence-corrected chi connectivity index (χ2v) is 5.57. The van der Waals surface area contributed by atoms with Gasteiger partial charge in [0.05, 0.1) is 23.0 Å². The summed E-state index contributed by atoms with van der Waals surface area (Å²) >= 11 is 6.26. The predicted octanol–water partition coefficient (Wildman–Crippen LogP) is 2.99. The second-order valence-electron chi connectivity index (χ2n) is 4.91. The summed E-state index contributed by atoms with van der Waals surface area (Å²) in [5.74, 6) is 1.66. The molecule has 0 fully saturated rings. The number of alkyl halides is 1. The lowest BCUT2D eigenvalue weighted by molar-refractivity contribution is 0.677. The number of benzene rings is 1. The van der Waals surface area contributed by atoms with Crippen molar-refractivity contribution in [1.82, 2.24) is 19.1 Å². The van der Waals surface area contributed by atoms with E-state index in [1.54, 1.807) is 12.3 Å². The quantitative estimate of drug-likeness (QED) is 0.699. The van der Waals surface area contributed by atoms with E-state index in [2.05, 4.69) is 16.0 Å². The molecule has 1 aromatic carbocycles. The summed E-state index contributed by atoms with van der Waals surface area (Å²) in [4.78, 5) is 8.91. The normalized spacial score (nSPS) is 12.5. The lowest BCUT2D eigenvalue weighted by Crippen LogP contribution is -2.09. The van der Waals surface area contributed by atoms with Gasteiger partial charge in [-0.05, 0) is 19.1 Å². The number of hydrogen-bond acceptors (Lipinski definition) is 3.